The molecule has 3 aliphatic rings. The number of epoxide rings is 2. The van der Waals surface area contributed by atoms with Crippen molar-refractivity contribution in [2.24, 2.45) is 0 Å². The molecule has 2 aliphatic heterocycles. The maximum absolute atomic E-state index is 11.6. The highest BCUT2D eigenvalue weighted by Crippen LogP contribution is 2.60. The van der Waals surface area contributed by atoms with Gasteiger partial charge in [0, 0.05) is 6.42 Å². The van der Waals surface area contributed by atoms with Crippen LogP contribution in [0.3, 0.4) is 0 Å². The summed E-state index contributed by atoms with van der Waals surface area (Å²) in [5.74, 6) is -0.935. The highest BCUT2D eigenvalue weighted by atomic mass is 35.5. The van der Waals surface area contributed by atoms with Gasteiger partial charge in [-0.3, -0.25) is 10.1 Å². The van der Waals surface area contributed by atoms with Crippen molar-refractivity contribution < 1.29 is 28.9 Å². The number of amides is 2. The van der Waals surface area contributed by atoms with E-state index in [0.717, 1.165) is 0 Å². The Hall–Kier alpha value is -0.890. The number of carbonyl (C=O) groups excluding carboxylic acids is 2. The van der Waals surface area contributed by atoms with Crippen LogP contribution in [0.15, 0.2) is 0 Å². The number of carbonyl (C=O) groups is 2. The Labute approximate surface area is 133 Å². The fraction of sp³-hybridized carbons (Fsp3) is 0.857. The second-order valence-corrected chi connectivity index (χ2v) is 6.73. The molecule has 8 heteroatoms. The van der Waals surface area contributed by atoms with Crippen LogP contribution >= 0.6 is 11.6 Å². The van der Waals surface area contributed by atoms with Crippen LogP contribution < -0.4 is 5.32 Å². The molecule has 124 valence electrons. The maximum Gasteiger partial charge on any atom is 0.414 e. The molecule has 4 unspecified atom stereocenters. The predicted octanol–water partition coefficient (Wildman–Crippen LogP) is 0.708. The van der Waals surface area contributed by atoms with Crippen LogP contribution in [0, 0.1) is 0 Å². The third-order valence-corrected chi connectivity index (χ3v) is 5.48. The first-order valence-corrected chi connectivity index (χ1v) is 7.90. The van der Waals surface area contributed by atoms with Gasteiger partial charge in [-0.25, -0.2) is 4.79 Å². The highest BCUT2D eigenvalue weighted by molar-refractivity contribution is 6.28. The summed E-state index contributed by atoms with van der Waals surface area (Å²) >= 11 is 5.32. The third-order valence-electron chi connectivity index (χ3n) is 5.24. The van der Waals surface area contributed by atoms with E-state index >= 15 is 0 Å². The summed E-state index contributed by atoms with van der Waals surface area (Å²) in [6.45, 7) is 4.23. The average Bonchev–Trinajstić information content (AvgIpc) is 3.34. The van der Waals surface area contributed by atoms with E-state index in [2.05, 4.69) is 0 Å². The van der Waals surface area contributed by atoms with Crippen LogP contribution in [0.4, 0.5) is 4.79 Å². The van der Waals surface area contributed by atoms with Crippen LogP contribution in [0.25, 0.3) is 0 Å². The molecule has 0 aromatic carbocycles. The molecule has 2 amide bonds. The first-order valence-electron chi connectivity index (χ1n) is 7.37. The Balaban J connectivity index is 1.67. The largest absolute Gasteiger partial charge is 0.446 e. The van der Waals surface area contributed by atoms with Gasteiger partial charge in [0.15, 0.2) is 0 Å². The van der Waals surface area contributed by atoms with Crippen molar-refractivity contribution in [1.82, 2.24) is 5.32 Å². The monoisotopic (exact) mass is 333 g/mol. The van der Waals surface area contributed by atoms with Crippen LogP contribution in [0.1, 0.15) is 33.1 Å². The smallest absolute Gasteiger partial charge is 0.414 e. The van der Waals surface area contributed by atoms with E-state index in [1.807, 2.05) is 19.2 Å². The zero-order chi connectivity index (χ0) is 16.2. The molecule has 5 atom stereocenters. The third kappa shape index (κ3) is 2.31. The highest BCUT2D eigenvalue weighted by Gasteiger charge is 2.77. The molecule has 1 saturated carbocycles. The summed E-state index contributed by atoms with van der Waals surface area (Å²) in [6.07, 6.45) is -0.0666. The number of ether oxygens (including phenoxy) is 3. The topological polar surface area (TPSA) is 101 Å². The summed E-state index contributed by atoms with van der Waals surface area (Å²) in [7, 11) is 0. The van der Waals surface area contributed by atoms with Crippen molar-refractivity contribution in [2.75, 3.05) is 12.5 Å². The number of nitrogens with one attached hydrogen (secondary N) is 1. The summed E-state index contributed by atoms with van der Waals surface area (Å²) < 4.78 is 16.4. The number of hydrogen-bond donors (Lipinski definition) is 2. The normalized spacial score (nSPS) is 46.2. The van der Waals surface area contributed by atoms with Gasteiger partial charge in [-0.05, 0) is 26.7 Å². The van der Waals surface area contributed by atoms with E-state index in [4.69, 9.17) is 25.8 Å². The first-order chi connectivity index (χ1) is 10.3. The van der Waals surface area contributed by atoms with Gasteiger partial charge in [0.05, 0.1) is 12.7 Å². The molecule has 0 radical (unpaired) electrons. The maximum atomic E-state index is 11.6. The number of alkyl halides is 1. The molecule has 1 spiro atoms. The van der Waals surface area contributed by atoms with Gasteiger partial charge in [0.2, 0.25) is 5.91 Å². The van der Waals surface area contributed by atoms with Crippen molar-refractivity contribution in [3.05, 3.63) is 0 Å². The first kappa shape index (κ1) is 16.0. The second-order valence-electron chi connectivity index (χ2n) is 6.46. The number of rotatable bonds is 3. The van der Waals surface area contributed by atoms with Crippen LogP contribution in [0.2, 0.25) is 0 Å². The lowest BCUT2D eigenvalue weighted by molar-refractivity contribution is -0.142. The minimum absolute atomic E-state index is 0.0797. The fourth-order valence-corrected chi connectivity index (χ4v) is 3.61. The molecular formula is C14H20ClNO6. The minimum atomic E-state index is -1.21. The van der Waals surface area contributed by atoms with E-state index in [9.17, 15) is 14.7 Å². The molecule has 3 fully saturated rings. The number of imide groups is 1. The van der Waals surface area contributed by atoms with E-state index < -0.39 is 34.9 Å². The van der Waals surface area contributed by atoms with Crippen molar-refractivity contribution in [3.8, 4) is 0 Å². The average molecular weight is 334 g/mol. The van der Waals surface area contributed by atoms with Crippen molar-refractivity contribution in [1.29, 1.82) is 0 Å². The lowest BCUT2D eigenvalue weighted by atomic mass is 9.66. The quantitative estimate of drug-likeness (QED) is 0.582. The van der Waals surface area contributed by atoms with Gasteiger partial charge in [-0.2, -0.15) is 0 Å². The minimum Gasteiger partial charge on any atom is -0.446 e. The molecule has 7 nitrogen and oxygen atoms in total. The molecule has 2 N–H and O–H groups in total. The van der Waals surface area contributed by atoms with Gasteiger partial charge in [-0.15, -0.1) is 11.6 Å². The van der Waals surface area contributed by atoms with Gasteiger partial charge in [0.1, 0.15) is 28.8 Å². The molecule has 0 aromatic rings. The molecular weight excluding hydrogens is 314 g/mol. The summed E-state index contributed by atoms with van der Waals surface area (Å²) in [5, 5.41) is 13.2. The van der Waals surface area contributed by atoms with Crippen molar-refractivity contribution in [3.63, 3.8) is 0 Å². The second kappa shape index (κ2) is 5.06. The Morgan fingerprint density at radius 1 is 1.50 bits per heavy atom. The Kier molecular flexibility index (Phi) is 3.67. The van der Waals surface area contributed by atoms with Crippen molar-refractivity contribution in [2.45, 2.75) is 62.1 Å². The zero-order valence-electron chi connectivity index (χ0n) is 12.6. The molecule has 0 bridgehead atoms. The Morgan fingerprint density at radius 2 is 2.14 bits per heavy atom. The predicted molar refractivity (Wildman–Crippen MR) is 75.6 cm³/mol. The van der Waals surface area contributed by atoms with E-state index in [0.29, 0.717) is 19.4 Å². The van der Waals surface area contributed by atoms with Crippen molar-refractivity contribution >= 4 is 23.6 Å². The molecule has 3 rings (SSSR count). The molecule has 2 heterocycles. The van der Waals surface area contributed by atoms with Gasteiger partial charge in [0.25, 0.3) is 0 Å². The Bertz CT molecular complexity index is 506. The molecule has 2 saturated heterocycles. The van der Waals surface area contributed by atoms with E-state index in [-0.39, 0.29) is 18.4 Å². The molecule has 22 heavy (non-hydrogen) atoms. The lowest BCUT2D eigenvalue weighted by Gasteiger charge is -2.44. The number of alkyl carbamates (subject to hydrolysis) is 1. The van der Waals surface area contributed by atoms with Gasteiger partial charge in [-0.1, -0.05) is 0 Å². The number of aliphatic hydroxyl groups is 1. The number of halogens is 1. The fourth-order valence-electron chi connectivity index (χ4n) is 3.54. The van der Waals surface area contributed by atoms with E-state index in [1.165, 1.54) is 0 Å². The van der Waals surface area contributed by atoms with Gasteiger partial charge < -0.3 is 19.3 Å². The van der Waals surface area contributed by atoms with Gasteiger partial charge >= 0.3 is 6.09 Å². The van der Waals surface area contributed by atoms with E-state index in [1.54, 1.807) is 0 Å². The zero-order valence-corrected chi connectivity index (χ0v) is 13.3. The SMILES string of the molecule is CC1OC1(C)C1(O)C[C@H](OC(=O)NC(=O)CCl)CCC12CO2. The van der Waals surface area contributed by atoms with Crippen LogP contribution in [0.5, 0.6) is 0 Å². The summed E-state index contributed by atoms with van der Waals surface area (Å²) in [6, 6.07) is 0. The Morgan fingerprint density at radius 3 is 2.64 bits per heavy atom. The summed E-state index contributed by atoms with van der Waals surface area (Å²) in [4.78, 5) is 22.7. The molecule has 1 aliphatic carbocycles. The standard InChI is InChI=1S/C14H20ClNO6/c1-8-12(2,22-8)14(19)5-9(3-4-13(14)7-20-13)21-11(18)16-10(17)6-15/h8-9,19H,3-7H2,1-2H3,(H,16,17,18)/t8?,9-,12?,13?,14?/m1/s1. The lowest BCUT2D eigenvalue weighted by Crippen LogP contribution is -2.61. The molecule has 0 aromatic heterocycles. The number of hydrogen-bond acceptors (Lipinski definition) is 6. The van der Waals surface area contributed by atoms with Crippen LogP contribution in [-0.2, 0) is 19.0 Å². The summed E-state index contributed by atoms with van der Waals surface area (Å²) in [5.41, 5.74) is -2.51. The van der Waals surface area contributed by atoms with Crippen LogP contribution in [-0.4, -0.2) is 58.6 Å².